The van der Waals surface area contributed by atoms with Crippen LogP contribution in [0.2, 0.25) is 0 Å². The van der Waals surface area contributed by atoms with Crippen LogP contribution < -0.4 is 5.32 Å². The second-order valence-corrected chi connectivity index (χ2v) is 7.92. The van der Waals surface area contributed by atoms with E-state index in [1.54, 1.807) is 0 Å². The molecule has 1 N–H and O–H groups in total. The van der Waals surface area contributed by atoms with Crippen LogP contribution in [0.15, 0.2) is 5.70 Å². The molecule has 0 fully saturated rings. The quantitative estimate of drug-likeness (QED) is 0.216. The standard InChI is InChI=1S/C23H43NO2/c1-4-5-6-7-8-9-10-11-12-13-14-15-16-17-18-19-23(26)24-22(20-25)21(2)3/h21H,4-19H2,1-3H3,(H,24,26). The Labute approximate surface area is 162 Å². The van der Waals surface area contributed by atoms with Gasteiger partial charge < -0.3 is 5.32 Å². The van der Waals surface area contributed by atoms with Gasteiger partial charge >= 0.3 is 0 Å². The second kappa shape index (κ2) is 18.7. The molecule has 0 aliphatic heterocycles. The molecule has 0 aliphatic rings. The molecule has 0 saturated heterocycles. The number of carbonyl (C=O) groups excluding carboxylic acids is 2. The molecule has 0 unspecified atom stereocenters. The van der Waals surface area contributed by atoms with Crippen molar-refractivity contribution in [1.29, 1.82) is 0 Å². The van der Waals surface area contributed by atoms with Gasteiger partial charge in [-0.25, -0.2) is 4.79 Å². The number of hydrogen-bond donors (Lipinski definition) is 1. The fraction of sp³-hybridized carbons (Fsp3) is 0.870. The van der Waals surface area contributed by atoms with Crippen LogP contribution >= 0.6 is 0 Å². The van der Waals surface area contributed by atoms with Crippen LogP contribution in [0.4, 0.5) is 0 Å². The Kier molecular flexibility index (Phi) is 17.9. The summed E-state index contributed by atoms with van der Waals surface area (Å²) >= 11 is 0. The van der Waals surface area contributed by atoms with Gasteiger partial charge in [0.1, 0.15) is 11.6 Å². The monoisotopic (exact) mass is 365 g/mol. The van der Waals surface area contributed by atoms with E-state index in [1.807, 2.05) is 19.8 Å². The molecule has 0 radical (unpaired) electrons. The number of nitrogens with one attached hydrogen (secondary N) is 1. The summed E-state index contributed by atoms with van der Waals surface area (Å²) in [7, 11) is 0. The van der Waals surface area contributed by atoms with Crippen molar-refractivity contribution in [2.45, 2.75) is 124 Å². The van der Waals surface area contributed by atoms with Crippen molar-refractivity contribution >= 4 is 11.8 Å². The molecule has 26 heavy (non-hydrogen) atoms. The Bertz CT molecular complexity index is 384. The second-order valence-electron chi connectivity index (χ2n) is 7.92. The molecular weight excluding hydrogens is 322 g/mol. The van der Waals surface area contributed by atoms with Crippen molar-refractivity contribution in [2.24, 2.45) is 5.92 Å². The van der Waals surface area contributed by atoms with Crippen LogP contribution in [0, 0.1) is 5.92 Å². The van der Waals surface area contributed by atoms with Crippen molar-refractivity contribution in [2.75, 3.05) is 0 Å². The third-order valence-corrected chi connectivity index (χ3v) is 4.97. The highest BCUT2D eigenvalue weighted by molar-refractivity contribution is 5.80. The van der Waals surface area contributed by atoms with E-state index >= 15 is 0 Å². The molecule has 152 valence electrons. The lowest BCUT2D eigenvalue weighted by molar-refractivity contribution is -0.120. The van der Waals surface area contributed by atoms with Gasteiger partial charge in [-0.2, -0.15) is 0 Å². The third-order valence-electron chi connectivity index (χ3n) is 4.97. The maximum absolute atomic E-state index is 11.7. The van der Waals surface area contributed by atoms with Crippen LogP contribution in [-0.2, 0) is 9.59 Å². The highest BCUT2D eigenvalue weighted by atomic mass is 16.2. The zero-order valence-electron chi connectivity index (χ0n) is 17.7. The Morgan fingerprint density at radius 1 is 0.731 bits per heavy atom. The number of unbranched alkanes of at least 4 members (excludes halogenated alkanes) is 14. The number of allylic oxidation sites excluding steroid dienone is 1. The van der Waals surface area contributed by atoms with Gasteiger partial charge in [0.25, 0.3) is 0 Å². The van der Waals surface area contributed by atoms with Gasteiger partial charge in [0.2, 0.25) is 5.91 Å². The molecule has 0 atom stereocenters. The number of carbonyl (C=O) groups is 1. The Balaban J connectivity index is 3.29. The normalized spacial score (nSPS) is 10.8. The molecular formula is C23H43NO2. The van der Waals surface area contributed by atoms with Crippen molar-refractivity contribution in [1.82, 2.24) is 5.32 Å². The first-order chi connectivity index (χ1) is 12.6. The highest BCUT2D eigenvalue weighted by Crippen LogP contribution is 2.13. The van der Waals surface area contributed by atoms with Crippen molar-refractivity contribution in [3.05, 3.63) is 5.70 Å². The fourth-order valence-electron chi connectivity index (χ4n) is 3.16. The molecule has 0 rings (SSSR count). The van der Waals surface area contributed by atoms with Gasteiger partial charge in [-0.3, -0.25) is 4.79 Å². The van der Waals surface area contributed by atoms with Gasteiger partial charge in [-0.1, -0.05) is 111 Å². The first kappa shape index (κ1) is 24.9. The highest BCUT2D eigenvalue weighted by Gasteiger charge is 2.08. The predicted molar refractivity (Wildman–Crippen MR) is 112 cm³/mol. The van der Waals surface area contributed by atoms with Crippen LogP contribution in [0.25, 0.3) is 0 Å². The Morgan fingerprint density at radius 3 is 1.46 bits per heavy atom. The van der Waals surface area contributed by atoms with Crippen LogP contribution in [0.1, 0.15) is 124 Å². The smallest absolute Gasteiger partial charge is 0.224 e. The van der Waals surface area contributed by atoms with Gasteiger partial charge in [0, 0.05) is 12.3 Å². The summed E-state index contributed by atoms with van der Waals surface area (Å²) in [6.45, 7) is 6.04. The van der Waals surface area contributed by atoms with Gasteiger partial charge in [-0.05, 0) is 6.42 Å². The summed E-state index contributed by atoms with van der Waals surface area (Å²) in [6, 6.07) is 0. The molecule has 0 bridgehead atoms. The SMILES string of the molecule is CCCCCCCCCCCCCCCCCC(=O)NC(=C=O)C(C)C. The van der Waals surface area contributed by atoms with Crippen molar-refractivity contribution in [3.63, 3.8) is 0 Å². The minimum atomic E-state index is -0.0493. The Morgan fingerprint density at radius 2 is 1.12 bits per heavy atom. The largest absolute Gasteiger partial charge is 0.320 e. The average molecular weight is 366 g/mol. The number of rotatable bonds is 18. The summed E-state index contributed by atoms with van der Waals surface area (Å²) in [6.07, 6.45) is 20.3. The summed E-state index contributed by atoms with van der Waals surface area (Å²) in [4.78, 5) is 22.5. The van der Waals surface area contributed by atoms with E-state index in [0.29, 0.717) is 12.1 Å². The van der Waals surface area contributed by atoms with E-state index in [2.05, 4.69) is 12.2 Å². The van der Waals surface area contributed by atoms with Crippen molar-refractivity contribution in [3.8, 4) is 0 Å². The van der Waals surface area contributed by atoms with Crippen LogP contribution in [-0.4, -0.2) is 11.8 Å². The summed E-state index contributed by atoms with van der Waals surface area (Å²) in [5.41, 5.74) is 0.371. The molecule has 0 saturated carbocycles. The lowest BCUT2D eigenvalue weighted by Gasteiger charge is -2.08. The molecule has 0 aliphatic carbocycles. The minimum absolute atomic E-state index is 0.0255. The van der Waals surface area contributed by atoms with Gasteiger partial charge in [0.05, 0.1) is 0 Å². The summed E-state index contributed by atoms with van der Waals surface area (Å²) < 4.78 is 0. The molecule has 0 aromatic carbocycles. The first-order valence-electron chi connectivity index (χ1n) is 11.2. The maximum atomic E-state index is 11.7. The van der Waals surface area contributed by atoms with E-state index in [4.69, 9.17) is 0 Å². The van der Waals surface area contributed by atoms with E-state index in [0.717, 1.165) is 12.8 Å². The molecule has 3 heteroatoms. The van der Waals surface area contributed by atoms with Crippen LogP contribution in [0.5, 0.6) is 0 Å². The zero-order chi connectivity index (χ0) is 19.5. The topological polar surface area (TPSA) is 46.2 Å². The Hall–Kier alpha value is -1.08. The van der Waals surface area contributed by atoms with Gasteiger partial charge in [0.15, 0.2) is 0 Å². The maximum Gasteiger partial charge on any atom is 0.224 e. The number of amides is 1. The first-order valence-corrected chi connectivity index (χ1v) is 11.2. The van der Waals surface area contributed by atoms with E-state index in [1.165, 1.54) is 83.5 Å². The molecule has 0 heterocycles. The molecule has 0 aromatic rings. The van der Waals surface area contributed by atoms with E-state index < -0.39 is 0 Å². The average Bonchev–Trinajstić information content (AvgIpc) is 2.62. The summed E-state index contributed by atoms with van der Waals surface area (Å²) in [5, 5.41) is 2.67. The molecule has 0 spiro atoms. The molecule has 3 nitrogen and oxygen atoms in total. The fourth-order valence-corrected chi connectivity index (χ4v) is 3.16. The van der Waals surface area contributed by atoms with Gasteiger partial charge in [-0.15, -0.1) is 0 Å². The van der Waals surface area contributed by atoms with Crippen LogP contribution in [0.3, 0.4) is 0 Å². The molecule has 1 amide bonds. The zero-order valence-corrected chi connectivity index (χ0v) is 17.7. The minimum Gasteiger partial charge on any atom is -0.320 e. The molecule has 0 aromatic heterocycles. The van der Waals surface area contributed by atoms with E-state index in [-0.39, 0.29) is 11.8 Å². The lowest BCUT2D eigenvalue weighted by Crippen LogP contribution is -2.25. The number of hydrogen-bond acceptors (Lipinski definition) is 2. The third kappa shape index (κ3) is 16.4. The van der Waals surface area contributed by atoms with Crippen molar-refractivity contribution < 1.29 is 9.59 Å². The summed E-state index contributed by atoms with van der Waals surface area (Å²) in [5.74, 6) is 1.80. The van der Waals surface area contributed by atoms with E-state index in [9.17, 15) is 9.59 Å². The predicted octanol–water partition coefficient (Wildman–Crippen LogP) is 6.74. The lowest BCUT2D eigenvalue weighted by atomic mass is 10.0.